The first-order chi connectivity index (χ1) is 15.8. The van der Waals surface area contributed by atoms with E-state index < -0.39 is 63.8 Å². The standard InChI is InChI=1S/C20H21F5N4O4S/c1-32-16-13(5-4-12(21)15(16)22)29-9-7-19(33-2,20(23,24)25)17(29)18(30)28-11-6-8-27-14(10-11)34(3,26)31/h4-6,8,10,17,26H,7,9H2,1-3H3,(H,27,28,30)/t17?,19?,34-/m1/s1. The summed E-state index contributed by atoms with van der Waals surface area (Å²) in [5.74, 6) is -4.56. The van der Waals surface area contributed by atoms with Gasteiger partial charge in [-0.2, -0.15) is 17.6 Å². The summed E-state index contributed by atoms with van der Waals surface area (Å²) in [7, 11) is -1.46. The van der Waals surface area contributed by atoms with Crippen molar-refractivity contribution < 1.29 is 40.4 Å². The third kappa shape index (κ3) is 4.39. The fraction of sp³-hybridized carbons (Fsp3) is 0.400. The van der Waals surface area contributed by atoms with Crippen molar-refractivity contribution in [3.63, 3.8) is 0 Å². The maximum atomic E-state index is 14.3. The topological polar surface area (TPSA) is 105 Å². The Kier molecular flexibility index (Phi) is 6.77. The number of anilines is 2. The third-order valence-corrected chi connectivity index (χ3v) is 6.54. The number of halogens is 5. The number of alkyl halides is 3. The molecule has 0 radical (unpaired) electrons. The van der Waals surface area contributed by atoms with Gasteiger partial charge < -0.3 is 19.7 Å². The number of methoxy groups -OCH3 is 2. The third-order valence-electron chi connectivity index (χ3n) is 5.51. The molecule has 0 spiro atoms. The van der Waals surface area contributed by atoms with Gasteiger partial charge in [0.05, 0.1) is 22.5 Å². The van der Waals surface area contributed by atoms with Crippen LogP contribution in [-0.2, 0) is 19.3 Å². The quantitative estimate of drug-likeness (QED) is 0.579. The van der Waals surface area contributed by atoms with Gasteiger partial charge in [0.1, 0.15) is 11.1 Å². The summed E-state index contributed by atoms with van der Waals surface area (Å²) in [4.78, 5) is 18.0. The summed E-state index contributed by atoms with van der Waals surface area (Å²) in [5, 5.41) is 2.11. The molecule has 1 aromatic carbocycles. The fourth-order valence-corrected chi connectivity index (χ4v) is 4.51. The molecule has 2 N–H and O–H groups in total. The van der Waals surface area contributed by atoms with Crippen molar-refractivity contribution in [1.82, 2.24) is 4.98 Å². The van der Waals surface area contributed by atoms with Gasteiger partial charge in [-0.3, -0.25) is 4.79 Å². The molecule has 3 atom stereocenters. The number of hydrogen-bond acceptors (Lipinski definition) is 7. The van der Waals surface area contributed by atoms with Gasteiger partial charge in [0, 0.05) is 38.2 Å². The maximum absolute atomic E-state index is 14.3. The van der Waals surface area contributed by atoms with E-state index in [1.807, 2.05) is 0 Å². The van der Waals surface area contributed by atoms with E-state index >= 15 is 0 Å². The number of benzene rings is 1. The van der Waals surface area contributed by atoms with Crippen LogP contribution in [0.3, 0.4) is 0 Å². The molecule has 1 fully saturated rings. The van der Waals surface area contributed by atoms with Gasteiger partial charge in [-0.05, 0) is 24.3 Å². The Hall–Kier alpha value is -3.00. The van der Waals surface area contributed by atoms with Crippen LogP contribution in [0.4, 0.5) is 33.3 Å². The molecular weight excluding hydrogens is 487 g/mol. The van der Waals surface area contributed by atoms with E-state index in [1.54, 1.807) is 0 Å². The Morgan fingerprint density at radius 1 is 1.29 bits per heavy atom. The van der Waals surface area contributed by atoms with Crippen molar-refractivity contribution in [2.24, 2.45) is 0 Å². The molecule has 1 aliphatic heterocycles. The van der Waals surface area contributed by atoms with E-state index in [9.17, 15) is 31.0 Å². The molecule has 1 aromatic heterocycles. The van der Waals surface area contributed by atoms with Gasteiger partial charge >= 0.3 is 6.18 Å². The molecule has 0 aliphatic carbocycles. The van der Waals surface area contributed by atoms with Crippen LogP contribution in [0.1, 0.15) is 6.42 Å². The van der Waals surface area contributed by atoms with E-state index in [-0.39, 0.29) is 16.4 Å². The minimum absolute atomic E-state index is 0.0619. The molecule has 1 saturated heterocycles. The van der Waals surface area contributed by atoms with Crippen LogP contribution < -0.4 is 15.0 Å². The summed E-state index contributed by atoms with van der Waals surface area (Å²) >= 11 is 0. The Morgan fingerprint density at radius 3 is 2.53 bits per heavy atom. The van der Waals surface area contributed by atoms with E-state index in [0.717, 1.165) is 43.7 Å². The van der Waals surface area contributed by atoms with Crippen molar-refractivity contribution in [2.45, 2.75) is 29.3 Å². The normalized spacial score (nSPS) is 22.4. The predicted octanol–water partition coefficient (Wildman–Crippen LogP) is 3.57. The van der Waals surface area contributed by atoms with E-state index in [2.05, 4.69) is 10.3 Å². The molecule has 1 aliphatic rings. The number of nitrogens with zero attached hydrogens (tertiary/aromatic N) is 2. The Balaban J connectivity index is 2.12. The summed E-state index contributed by atoms with van der Waals surface area (Å²) < 4.78 is 100. The smallest absolute Gasteiger partial charge is 0.420 e. The zero-order valence-electron chi connectivity index (χ0n) is 18.2. The summed E-state index contributed by atoms with van der Waals surface area (Å²) in [6.45, 7) is -0.399. The van der Waals surface area contributed by atoms with Crippen molar-refractivity contribution in [1.29, 1.82) is 4.78 Å². The Bertz CT molecular complexity index is 1210. The van der Waals surface area contributed by atoms with Crippen LogP contribution in [0.2, 0.25) is 0 Å². The number of hydrogen-bond donors (Lipinski definition) is 2. The van der Waals surface area contributed by atoms with Crippen molar-refractivity contribution in [2.75, 3.05) is 37.2 Å². The van der Waals surface area contributed by atoms with Crippen molar-refractivity contribution in [3.8, 4) is 5.75 Å². The summed E-state index contributed by atoms with van der Waals surface area (Å²) in [5.41, 5.74) is -3.33. The van der Waals surface area contributed by atoms with Crippen LogP contribution in [0.5, 0.6) is 5.75 Å². The number of nitrogens with one attached hydrogen (secondary N) is 2. The van der Waals surface area contributed by atoms with Crippen LogP contribution in [-0.4, -0.2) is 59.9 Å². The summed E-state index contributed by atoms with van der Waals surface area (Å²) in [6.07, 6.45) is -3.48. The highest BCUT2D eigenvalue weighted by Crippen LogP contribution is 2.48. The second-order valence-electron chi connectivity index (χ2n) is 7.57. The molecule has 14 heteroatoms. The van der Waals surface area contributed by atoms with Crippen LogP contribution >= 0.6 is 0 Å². The van der Waals surface area contributed by atoms with E-state index in [0.29, 0.717) is 6.07 Å². The average Bonchev–Trinajstić information content (AvgIpc) is 3.16. The first-order valence-electron chi connectivity index (χ1n) is 9.68. The highest BCUT2D eigenvalue weighted by molar-refractivity contribution is 7.91. The number of amides is 1. The van der Waals surface area contributed by atoms with Gasteiger partial charge in [-0.1, -0.05) is 0 Å². The lowest BCUT2D eigenvalue weighted by Crippen LogP contribution is -2.61. The lowest BCUT2D eigenvalue weighted by atomic mass is 9.92. The number of carbonyl (C=O) groups excluding carboxylic acids is 1. The molecule has 2 aromatic rings. The number of ether oxygens (including phenoxy) is 2. The van der Waals surface area contributed by atoms with Crippen LogP contribution in [0.25, 0.3) is 0 Å². The van der Waals surface area contributed by atoms with Gasteiger partial charge in [-0.15, -0.1) is 0 Å². The number of pyridine rings is 1. The lowest BCUT2D eigenvalue weighted by Gasteiger charge is -2.38. The second kappa shape index (κ2) is 8.98. The number of aromatic nitrogens is 1. The SMILES string of the molecule is COc1c(N2CCC(OC)(C(F)(F)F)C2C(=O)Nc2ccnc([S@](C)(=N)=O)c2)ccc(F)c1F. The largest absolute Gasteiger partial charge is 0.491 e. The van der Waals surface area contributed by atoms with E-state index in [1.165, 1.54) is 6.07 Å². The molecule has 8 nitrogen and oxygen atoms in total. The first kappa shape index (κ1) is 25.6. The van der Waals surface area contributed by atoms with Crippen LogP contribution in [0, 0.1) is 16.4 Å². The van der Waals surface area contributed by atoms with Crippen molar-refractivity contribution in [3.05, 3.63) is 42.1 Å². The molecule has 1 amide bonds. The molecule has 3 rings (SSSR count). The first-order valence-corrected chi connectivity index (χ1v) is 11.6. The lowest BCUT2D eigenvalue weighted by molar-refractivity contribution is -0.269. The summed E-state index contributed by atoms with van der Waals surface area (Å²) in [6, 6.07) is 1.99. The van der Waals surface area contributed by atoms with Gasteiger partial charge in [0.2, 0.25) is 11.7 Å². The van der Waals surface area contributed by atoms with Gasteiger partial charge in [-0.25, -0.2) is 18.4 Å². The zero-order valence-corrected chi connectivity index (χ0v) is 19.0. The molecule has 2 unspecified atom stereocenters. The molecule has 0 bridgehead atoms. The molecule has 0 saturated carbocycles. The Morgan fingerprint density at radius 2 is 1.97 bits per heavy atom. The number of rotatable bonds is 6. The Labute approximate surface area is 192 Å². The van der Waals surface area contributed by atoms with E-state index in [4.69, 9.17) is 14.3 Å². The highest BCUT2D eigenvalue weighted by Gasteiger charge is 2.67. The molecule has 186 valence electrons. The monoisotopic (exact) mass is 508 g/mol. The van der Waals surface area contributed by atoms with Gasteiger partial charge in [0.15, 0.2) is 17.2 Å². The molecule has 34 heavy (non-hydrogen) atoms. The predicted molar refractivity (Wildman–Crippen MR) is 112 cm³/mol. The fourth-order valence-electron chi connectivity index (χ4n) is 3.90. The number of carbonyl (C=O) groups is 1. The van der Waals surface area contributed by atoms with Crippen molar-refractivity contribution >= 4 is 27.0 Å². The highest BCUT2D eigenvalue weighted by atomic mass is 32.2. The molecule has 2 heterocycles. The average molecular weight is 508 g/mol. The zero-order chi connectivity index (χ0) is 25.5. The minimum Gasteiger partial charge on any atom is -0.491 e. The maximum Gasteiger partial charge on any atom is 0.420 e. The second-order valence-corrected chi connectivity index (χ2v) is 9.67. The van der Waals surface area contributed by atoms with Gasteiger partial charge in [0.25, 0.3) is 0 Å². The minimum atomic E-state index is -5.02. The van der Waals surface area contributed by atoms with Crippen LogP contribution in [0.15, 0.2) is 35.5 Å². The molecular formula is C20H21F5N4O4S.